The molecule has 0 bridgehead atoms. The van der Waals surface area contributed by atoms with E-state index < -0.39 is 17.6 Å². The number of nitrogens with one attached hydrogen (secondary N) is 2. The van der Waals surface area contributed by atoms with Crippen molar-refractivity contribution in [2.75, 3.05) is 26.4 Å². The Labute approximate surface area is 227 Å². The highest BCUT2D eigenvalue weighted by atomic mass is 16.6. The summed E-state index contributed by atoms with van der Waals surface area (Å²) in [6.07, 6.45) is 4.08. The Morgan fingerprint density at radius 2 is 2.00 bits per heavy atom. The van der Waals surface area contributed by atoms with E-state index >= 15 is 0 Å². The van der Waals surface area contributed by atoms with E-state index in [1.807, 2.05) is 24.3 Å². The van der Waals surface area contributed by atoms with Crippen LogP contribution in [-0.4, -0.2) is 69.8 Å². The van der Waals surface area contributed by atoms with Crippen LogP contribution in [0.5, 0.6) is 0 Å². The molecule has 5 rings (SSSR count). The summed E-state index contributed by atoms with van der Waals surface area (Å²) in [5.74, 6) is 0.789. The summed E-state index contributed by atoms with van der Waals surface area (Å²) in [4.78, 5) is 32.7. The maximum absolute atomic E-state index is 12.9. The Bertz CT molecular complexity index is 1360. The third-order valence-electron chi connectivity index (χ3n) is 7.56. The molecule has 4 heterocycles. The van der Waals surface area contributed by atoms with Crippen LogP contribution < -0.4 is 10.9 Å². The second-order valence-corrected chi connectivity index (χ2v) is 11.2. The van der Waals surface area contributed by atoms with Gasteiger partial charge in [-0.25, -0.2) is 4.98 Å². The first-order valence-electron chi connectivity index (χ1n) is 13.7. The quantitative estimate of drug-likeness (QED) is 0.355. The third-order valence-corrected chi connectivity index (χ3v) is 7.56. The molecule has 2 saturated heterocycles. The van der Waals surface area contributed by atoms with Crippen molar-refractivity contribution < 1.29 is 24.1 Å². The summed E-state index contributed by atoms with van der Waals surface area (Å²) < 4.78 is 18.7. The van der Waals surface area contributed by atoms with E-state index in [1.165, 1.54) is 0 Å². The summed E-state index contributed by atoms with van der Waals surface area (Å²) in [6, 6.07) is 7.03. The zero-order chi connectivity index (χ0) is 27.6. The summed E-state index contributed by atoms with van der Waals surface area (Å²) in [6.45, 7) is 8.62. The average Bonchev–Trinajstić information content (AvgIpc) is 3.53. The van der Waals surface area contributed by atoms with Crippen molar-refractivity contribution in [3.63, 3.8) is 0 Å². The number of rotatable bonds is 9. The molecule has 2 unspecified atom stereocenters. The zero-order valence-corrected chi connectivity index (χ0v) is 22.9. The van der Waals surface area contributed by atoms with E-state index in [1.54, 1.807) is 27.0 Å². The molecule has 39 heavy (non-hydrogen) atoms. The molecule has 2 fully saturated rings. The number of nitrogens with zero attached hydrogens (tertiary/aromatic N) is 2. The lowest BCUT2D eigenvalue weighted by molar-refractivity contribution is -0.157. The first-order chi connectivity index (χ1) is 18.7. The molecule has 2 atom stereocenters. The van der Waals surface area contributed by atoms with Crippen LogP contribution in [0.4, 0.5) is 0 Å². The smallest absolute Gasteiger partial charge is 0.326 e. The molecule has 2 aliphatic rings. The van der Waals surface area contributed by atoms with Gasteiger partial charge < -0.3 is 28.9 Å². The van der Waals surface area contributed by atoms with Gasteiger partial charge in [0.1, 0.15) is 18.0 Å². The minimum atomic E-state index is -1.32. The fraction of sp³-hybridized carbons (Fsp3) is 0.552. The number of aryl methyl sites for hydroxylation is 1. The average molecular weight is 539 g/mol. The van der Waals surface area contributed by atoms with Crippen molar-refractivity contribution in [3.05, 3.63) is 51.9 Å². The summed E-state index contributed by atoms with van der Waals surface area (Å²) in [7, 11) is 0. The molecule has 0 aliphatic carbocycles. The monoisotopic (exact) mass is 538 g/mol. The number of carbonyl (C=O) groups is 1. The van der Waals surface area contributed by atoms with E-state index in [0.29, 0.717) is 37.7 Å². The van der Waals surface area contributed by atoms with Gasteiger partial charge in [-0.1, -0.05) is 6.07 Å². The Morgan fingerprint density at radius 1 is 1.23 bits per heavy atom. The largest absolute Gasteiger partial charge is 0.459 e. The van der Waals surface area contributed by atoms with Gasteiger partial charge in [-0.05, 0) is 63.3 Å². The molecule has 3 N–H and O–H groups in total. The van der Waals surface area contributed by atoms with E-state index in [-0.39, 0.29) is 11.7 Å². The number of aromatic nitrogens is 3. The number of hydrogen-bond donors (Lipinski definition) is 3. The number of hydrogen-bond acceptors (Lipinski definition) is 8. The minimum absolute atomic E-state index is 0.112. The van der Waals surface area contributed by atoms with Gasteiger partial charge in [0.15, 0.2) is 0 Å². The molecule has 2 aromatic heterocycles. The third kappa shape index (κ3) is 6.41. The van der Waals surface area contributed by atoms with E-state index in [9.17, 15) is 14.7 Å². The summed E-state index contributed by atoms with van der Waals surface area (Å²) in [5, 5.41) is 13.9. The number of pyridine rings is 1. The molecule has 0 amide bonds. The highest BCUT2D eigenvalue weighted by Crippen LogP contribution is 2.29. The first-order valence-corrected chi connectivity index (χ1v) is 13.7. The van der Waals surface area contributed by atoms with Crippen LogP contribution in [0, 0.1) is 12.8 Å². The lowest BCUT2D eigenvalue weighted by Crippen LogP contribution is -2.53. The normalized spacial score (nSPS) is 19.4. The van der Waals surface area contributed by atoms with Crippen molar-refractivity contribution in [2.45, 2.75) is 70.9 Å². The number of benzene rings is 1. The molecular formula is C29H38N4O6. The molecule has 210 valence electrons. The fourth-order valence-electron chi connectivity index (χ4n) is 5.28. The second kappa shape index (κ2) is 11.6. The van der Waals surface area contributed by atoms with Gasteiger partial charge in [-0.15, -0.1) is 0 Å². The van der Waals surface area contributed by atoms with Crippen molar-refractivity contribution in [2.24, 2.45) is 5.92 Å². The molecule has 10 heteroatoms. The van der Waals surface area contributed by atoms with Gasteiger partial charge in [0.25, 0.3) is 5.56 Å². The maximum Gasteiger partial charge on any atom is 0.326 e. The van der Waals surface area contributed by atoms with Crippen LogP contribution >= 0.6 is 0 Å². The van der Waals surface area contributed by atoms with E-state index in [2.05, 4.69) is 14.9 Å². The summed E-state index contributed by atoms with van der Waals surface area (Å²) >= 11 is 0. The predicted molar refractivity (Wildman–Crippen MR) is 146 cm³/mol. The van der Waals surface area contributed by atoms with Crippen molar-refractivity contribution in [1.29, 1.82) is 0 Å². The van der Waals surface area contributed by atoms with Crippen LogP contribution in [0.3, 0.4) is 0 Å². The van der Waals surface area contributed by atoms with Gasteiger partial charge in [-0.2, -0.15) is 0 Å². The van der Waals surface area contributed by atoms with E-state index in [0.717, 1.165) is 60.6 Å². The van der Waals surface area contributed by atoms with Gasteiger partial charge in [0, 0.05) is 50.0 Å². The lowest BCUT2D eigenvalue weighted by Gasteiger charge is -2.29. The van der Waals surface area contributed by atoms with Gasteiger partial charge in [0.2, 0.25) is 0 Å². The maximum atomic E-state index is 12.9. The topological polar surface area (TPSA) is 128 Å². The Kier molecular flexibility index (Phi) is 8.18. The minimum Gasteiger partial charge on any atom is -0.459 e. The van der Waals surface area contributed by atoms with Gasteiger partial charge in [-0.3, -0.25) is 14.9 Å². The molecule has 2 aliphatic heterocycles. The second-order valence-electron chi connectivity index (χ2n) is 11.2. The number of aromatic amines is 1. The lowest BCUT2D eigenvalue weighted by atomic mass is 9.98. The van der Waals surface area contributed by atoms with Crippen molar-refractivity contribution in [3.8, 4) is 11.4 Å². The number of esters is 1. The predicted octanol–water partition coefficient (Wildman–Crippen LogP) is 2.69. The van der Waals surface area contributed by atoms with Crippen LogP contribution in [-0.2, 0) is 32.1 Å². The number of carbonyl (C=O) groups excluding carboxylic acids is 1. The highest BCUT2D eigenvalue weighted by molar-refractivity contribution is 5.81. The standard InChI is InChI=1S/C29H38N4O6/c1-18-12-21(15-31-27(18)34)26-32-23-13-20(4-5-24(23)33(26)16-19-6-9-37-10-7-19)14-30-25(29(2,3)36)28(35)39-22-8-11-38-17-22/h4-5,12-13,15,19,22,25,30,36H,6-11,14,16-17H2,1-3H3,(H,31,34). The number of ether oxygens (including phenoxy) is 3. The van der Waals surface area contributed by atoms with Crippen LogP contribution in [0.1, 0.15) is 44.2 Å². The van der Waals surface area contributed by atoms with Crippen LogP contribution in [0.25, 0.3) is 22.4 Å². The summed E-state index contributed by atoms with van der Waals surface area (Å²) in [5.41, 5.74) is 2.82. The molecule has 3 aromatic rings. The number of fused-ring (bicyclic) bond motifs is 1. The number of H-pyrrole nitrogens is 1. The van der Waals surface area contributed by atoms with Crippen molar-refractivity contribution in [1.82, 2.24) is 19.9 Å². The van der Waals surface area contributed by atoms with Crippen LogP contribution in [0.15, 0.2) is 35.3 Å². The molecular weight excluding hydrogens is 500 g/mol. The highest BCUT2D eigenvalue weighted by Gasteiger charge is 2.36. The van der Waals surface area contributed by atoms with Crippen molar-refractivity contribution >= 4 is 17.0 Å². The fourth-order valence-corrected chi connectivity index (χ4v) is 5.28. The van der Waals surface area contributed by atoms with Gasteiger partial charge >= 0.3 is 5.97 Å². The SMILES string of the molecule is Cc1cc(-c2nc3cc(CNC(C(=O)OC4CCOC4)C(C)(C)O)ccc3n2CC2CCOCC2)c[nH]c1=O. The van der Waals surface area contributed by atoms with Crippen LogP contribution in [0.2, 0.25) is 0 Å². The molecule has 0 spiro atoms. The molecule has 0 radical (unpaired) electrons. The van der Waals surface area contributed by atoms with Gasteiger partial charge in [0.05, 0.1) is 29.8 Å². The molecule has 10 nitrogen and oxygen atoms in total. The Hall–Kier alpha value is -3.05. The Morgan fingerprint density at radius 3 is 2.69 bits per heavy atom. The number of aliphatic hydroxyl groups is 1. The molecule has 0 saturated carbocycles. The molecule has 1 aromatic carbocycles. The van der Waals surface area contributed by atoms with E-state index in [4.69, 9.17) is 19.2 Å². The zero-order valence-electron chi connectivity index (χ0n) is 22.9. The Balaban J connectivity index is 1.41. The first kappa shape index (κ1) is 27.5. The number of imidazole rings is 1.